The highest BCUT2D eigenvalue weighted by Crippen LogP contribution is 2.18. The number of aliphatic carboxylic acids is 1. The first-order chi connectivity index (χ1) is 10.0. The molecule has 0 aliphatic carbocycles. The van der Waals surface area contributed by atoms with E-state index in [-0.39, 0.29) is 15.5 Å². The van der Waals surface area contributed by atoms with Crippen LogP contribution in [0.2, 0.25) is 0 Å². The number of carboxylic acids is 1. The summed E-state index contributed by atoms with van der Waals surface area (Å²) < 4.78 is 50.2. The monoisotopic (exact) mass is 349 g/mol. The van der Waals surface area contributed by atoms with E-state index < -0.39 is 37.8 Å². The van der Waals surface area contributed by atoms with Gasteiger partial charge in [0.1, 0.15) is 6.04 Å². The standard InChI is InChI=1S/C13H19NO6S2/c1-4-21(17,18)10-6-5-7-11(8-10)22(19,20)14-12(9(2)3)13(15)16/h5-9,12,14H,4H2,1-3H3,(H,15,16). The largest absolute Gasteiger partial charge is 0.480 e. The molecule has 1 aromatic carbocycles. The second-order valence-electron chi connectivity index (χ2n) is 5.06. The minimum atomic E-state index is -4.14. The van der Waals surface area contributed by atoms with Crippen molar-refractivity contribution in [3.8, 4) is 0 Å². The first-order valence-electron chi connectivity index (χ1n) is 6.59. The van der Waals surface area contributed by atoms with Crippen LogP contribution in [0.3, 0.4) is 0 Å². The van der Waals surface area contributed by atoms with Gasteiger partial charge in [-0.15, -0.1) is 0 Å². The topological polar surface area (TPSA) is 118 Å². The molecule has 0 radical (unpaired) electrons. The summed E-state index contributed by atoms with van der Waals surface area (Å²) in [7, 11) is -7.69. The van der Waals surface area contributed by atoms with Crippen LogP contribution in [0.25, 0.3) is 0 Å². The fourth-order valence-corrected chi connectivity index (χ4v) is 4.09. The van der Waals surface area contributed by atoms with E-state index in [0.717, 1.165) is 6.07 Å². The van der Waals surface area contributed by atoms with Gasteiger partial charge in [0.2, 0.25) is 10.0 Å². The Bertz CT molecular complexity index is 752. The third-order valence-electron chi connectivity index (χ3n) is 3.07. The molecule has 0 aromatic heterocycles. The Morgan fingerprint density at radius 1 is 1.18 bits per heavy atom. The van der Waals surface area contributed by atoms with E-state index >= 15 is 0 Å². The highest BCUT2D eigenvalue weighted by molar-refractivity contribution is 7.91. The molecule has 124 valence electrons. The molecule has 0 heterocycles. The molecule has 9 heteroatoms. The normalized spacial score (nSPS) is 14.0. The fraction of sp³-hybridized carbons (Fsp3) is 0.462. The Labute approximate surface area is 130 Å². The summed E-state index contributed by atoms with van der Waals surface area (Å²) in [6, 6.07) is 3.56. The lowest BCUT2D eigenvalue weighted by atomic mass is 10.1. The number of hydrogen-bond donors (Lipinski definition) is 2. The number of carbonyl (C=O) groups is 1. The molecule has 0 aliphatic heterocycles. The molecular weight excluding hydrogens is 330 g/mol. The van der Waals surface area contributed by atoms with Gasteiger partial charge in [-0.2, -0.15) is 4.72 Å². The predicted octanol–water partition coefficient (Wildman–Crippen LogP) is 0.868. The van der Waals surface area contributed by atoms with Crippen molar-refractivity contribution in [1.82, 2.24) is 4.72 Å². The number of rotatable bonds is 7. The molecule has 0 fully saturated rings. The lowest BCUT2D eigenvalue weighted by Gasteiger charge is -2.18. The average Bonchev–Trinajstić information content (AvgIpc) is 2.44. The van der Waals surface area contributed by atoms with Crippen LogP contribution in [-0.4, -0.2) is 39.7 Å². The average molecular weight is 349 g/mol. The fourth-order valence-electron chi connectivity index (χ4n) is 1.71. The quantitative estimate of drug-likeness (QED) is 0.754. The Morgan fingerprint density at radius 3 is 2.18 bits per heavy atom. The van der Waals surface area contributed by atoms with Gasteiger partial charge in [-0.25, -0.2) is 16.8 Å². The summed E-state index contributed by atoms with van der Waals surface area (Å²) in [5.41, 5.74) is 0. The maximum absolute atomic E-state index is 12.2. The Hall–Kier alpha value is -1.45. The second-order valence-corrected chi connectivity index (χ2v) is 9.05. The SMILES string of the molecule is CCS(=O)(=O)c1cccc(S(=O)(=O)NC(C(=O)O)C(C)C)c1. The summed E-state index contributed by atoms with van der Waals surface area (Å²) in [4.78, 5) is 10.7. The summed E-state index contributed by atoms with van der Waals surface area (Å²) in [6.07, 6.45) is 0. The van der Waals surface area contributed by atoms with Crippen molar-refractivity contribution < 1.29 is 26.7 Å². The van der Waals surface area contributed by atoms with Crippen molar-refractivity contribution in [2.45, 2.75) is 36.6 Å². The van der Waals surface area contributed by atoms with E-state index in [1.165, 1.54) is 25.1 Å². The summed E-state index contributed by atoms with van der Waals surface area (Å²) in [5, 5.41) is 9.05. The Morgan fingerprint density at radius 2 is 1.73 bits per heavy atom. The molecule has 0 amide bonds. The van der Waals surface area contributed by atoms with Gasteiger partial charge < -0.3 is 5.11 Å². The maximum atomic E-state index is 12.2. The molecule has 1 rings (SSSR count). The highest BCUT2D eigenvalue weighted by Gasteiger charge is 2.28. The van der Waals surface area contributed by atoms with Gasteiger partial charge in [-0.05, 0) is 24.1 Å². The Kier molecular flexibility index (Phi) is 5.71. The van der Waals surface area contributed by atoms with Gasteiger partial charge in [0, 0.05) is 0 Å². The molecule has 1 aromatic rings. The lowest BCUT2D eigenvalue weighted by Crippen LogP contribution is -2.44. The van der Waals surface area contributed by atoms with Crippen molar-refractivity contribution >= 4 is 25.8 Å². The van der Waals surface area contributed by atoms with Gasteiger partial charge in [-0.1, -0.05) is 26.8 Å². The molecule has 0 bridgehead atoms. The van der Waals surface area contributed by atoms with Crippen LogP contribution in [0.1, 0.15) is 20.8 Å². The van der Waals surface area contributed by atoms with Crippen molar-refractivity contribution in [3.63, 3.8) is 0 Å². The van der Waals surface area contributed by atoms with Crippen LogP contribution in [0.15, 0.2) is 34.1 Å². The minimum Gasteiger partial charge on any atom is -0.480 e. The van der Waals surface area contributed by atoms with Gasteiger partial charge >= 0.3 is 5.97 Å². The summed E-state index contributed by atoms with van der Waals surface area (Å²) >= 11 is 0. The van der Waals surface area contributed by atoms with Crippen molar-refractivity contribution in [3.05, 3.63) is 24.3 Å². The van der Waals surface area contributed by atoms with E-state index in [1.807, 2.05) is 0 Å². The molecule has 2 N–H and O–H groups in total. The van der Waals surface area contributed by atoms with Gasteiger partial charge in [0.15, 0.2) is 9.84 Å². The first-order valence-corrected chi connectivity index (χ1v) is 9.72. The molecule has 22 heavy (non-hydrogen) atoms. The minimum absolute atomic E-state index is 0.116. The van der Waals surface area contributed by atoms with Gasteiger partial charge in [0.25, 0.3) is 0 Å². The number of benzene rings is 1. The third-order valence-corrected chi connectivity index (χ3v) is 6.24. The van der Waals surface area contributed by atoms with Crippen LogP contribution >= 0.6 is 0 Å². The van der Waals surface area contributed by atoms with Crippen LogP contribution < -0.4 is 4.72 Å². The number of hydrogen-bond acceptors (Lipinski definition) is 5. The van der Waals surface area contributed by atoms with E-state index in [0.29, 0.717) is 0 Å². The zero-order valence-electron chi connectivity index (χ0n) is 12.5. The van der Waals surface area contributed by atoms with E-state index in [2.05, 4.69) is 4.72 Å². The molecule has 0 aliphatic rings. The van der Waals surface area contributed by atoms with Crippen LogP contribution in [0, 0.1) is 5.92 Å². The van der Waals surface area contributed by atoms with Gasteiger partial charge in [0.05, 0.1) is 15.5 Å². The maximum Gasteiger partial charge on any atom is 0.322 e. The molecule has 1 atom stereocenters. The third kappa shape index (κ3) is 4.28. The number of carboxylic acid groups (broad SMARTS) is 1. The van der Waals surface area contributed by atoms with Crippen molar-refractivity contribution in [2.75, 3.05) is 5.75 Å². The predicted molar refractivity (Wildman–Crippen MR) is 80.8 cm³/mol. The lowest BCUT2D eigenvalue weighted by molar-refractivity contribution is -0.140. The Balaban J connectivity index is 3.25. The number of sulfonamides is 1. The van der Waals surface area contributed by atoms with Crippen molar-refractivity contribution in [1.29, 1.82) is 0 Å². The zero-order valence-corrected chi connectivity index (χ0v) is 14.1. The molecule has 1 unspecified atom stereocenters. The number of nitrogens with one attached hydrogen (secondary N) is 1. The van der Waals surface area contributed by atoms with E-state index in [1.54, 1.807) is 13.8 Å². The number of sulfone groups is 1. The molecule has 0 spiro atoms. The van der Waals surface area contributed by atoms with E-state index in [9.17, 15) is 21.6 Å². The van der Waals surface area contributed by atoms with Gasteiger partial charge in [-0.3, -0.25) is 4.79 Å². The molecule has 7 nitrogen and oxygen atoms in total. The van der Waals surface area contributed by atoms with Crippen molar-refractivity contribution in [2.24, 2.45) is 5.92 Å². The van der Waals surface area contributed by atoms with Crippen LogP contribution in [0.4, 0.5) is 0 Å². The summed E-state index contributed by atoms with van der Waals surface area (Å²) in [6.45, 7) is 4.59. The zero-order chi connectivity index (χ0) is 17.1. The second kappa shape index (κ2) is 6.76. The highest BCUT2D eigenvalue weighted by atomic mass is 32.2. The van der Waals surface area contributed by atoms with E-state index in [4.69, 9.17) is 5.11 Å². The molecular formula is C13H19NO6S2. The molecule has 0 saturated heterocycles. The first kappa shape index (κ1) is 18.6. The van der Waals surface area contributed by atoms with Crippen LogP contribution in [-0.2, 0) is 24.7 Å². The molecule has 0 saturated carbocycles. The summed E-state index contributed by atoms with van der Waals surface area (Å²) in [5.74, 6) is -1.92. The smallest absolute Gasteiger partial charge is 0.322 e. The van der Waals surface area contributed by atoms with Crippen LogP contribution in [0.5, 0.6) is 0 Å².